The minimum atomic E-state index is -0.903. The van der Waals surface area contributed by atoms with Gasteiger partial charge in [0.15, 0.2) is 0 Å². The molecule has 0 aromatic heterocycles. The third-order valence-electron chi connectivity index (χ3n) is 2.41. The zero-order valence-electron chi connectivity index (χ0n) is 10.4. The van der Waals surface area contributed by atoms with Gasteiger partial charge in [-0.1, -0.05) is 35.5 Å². The average molecular weight is 265 g/mol. The van der Waals surface area contributed by atoms with Crippen molar-refractivity contribution in [3.05, 3.63) is 35.9 Å². The zero-order chi connectivity index (χ0) is 14.3. The third kappa shape index (κ3) is 4.30. The van der Waals surface area contributed by atoms with Gasteiger partial charge >= 0.3 is 5.97 Å². The van der Waals surface area contributed by atoms with Crippen LogP contribution in [-0.2, 0) is 20.7 Å². The van der Waals surface area contributed by atoms with Gasteiger partial charge < -0.3 is 21.0 Å². The number of amides is 1. The molecule has 0 unspecified atom stereocenters. The summed E-state index contributed by atoms with van der Waals surface area (Å²) >= 11 is 0. The molecule has 0 bridgehead atoms. The van der Waals surface area contributed by atoms with E-state index in [0.717, 1.165) is 5.56 Å². The number of amidine groups is 1. The third-order valence-corrected chi connectivity index (χ3v) is 2.41. The number of hydrogen-bond donors (Lipinski definition) is 3. The highest BCUT2D eigenvalue weighted by Crippen LogP contribution is 2.04. The Hall–Kier alpha value is -2.57. The molecule has 1 aromatic carbocycles. The second-order valence-corrected chi connectivity index (χ2v) is 3.72. The average Bonchev–Trinajstić information content (AvgIpc) is 2.45. The number of esters is 1. The topological polar surface area (TPSA) is 114 Å². The van der Waals surface area contributed by atoms with E-state index in [-0.39, 0.29) is 6.42 Å². The van der Waals surface area contributed by atoms with E-state index in [1.165, 1.54) is 7.11 Å². The van der Waals surface area contributed by atoms with Crippen LogP contribution < -0.4 is 11.1 Å². The molecule has 0 spiro atoms. The highest BCUT2D eigenvalue weighted by Gasteiger charge is 2.23. The van der Waals surface area contributed by atoms with E-state index in [0.29, 0.717) is 0 Å². The van der Waals surface area contributed by atoms with Crippen molar-refractivity contribution in [3.8, 4) is 0 Å². The van der Waals surface area contributed by atoms with Crippen LogP contribution in [0.5, 0.6) is 0 Å². The van der Waals surface area contributed by atoms with Crippen LogP contribution in [0.25, 0.3) is 0 Å². The first-order valence-corrected chi connectivity index (χ1v) is 5.48. The van der Waals surface area contributed by atoms with Crippen LogP contribution in [0.3, 0.4) is 0 Å². The molecule has 7 heteroatoms. The van der Waals surface area contributed by atoms with Crippen molar-refractivity contribution in [1.82, 2.24) is 5.32 Å². The molecule has 1 atom stereocenters. The predicted molar refractivity (Wildman–Crippen MR) is 67.5 cm³/mol. The lowest BCUT2D eigenvalue weighted by molar-refractivity contribution is -0.144. The van der Waals surface area contributed by atoms with Crippen molar-refractivity contribution in [1.29, 1.82) is 0 Å². The van der Waals surface area contributed by atoms with E-state index in [9.17, 15) is 9.59 Å². The Labute approximate surface area is 110 Å². The molecule has 102 valence electrons. The standard InChI is InChI=1S/C12H15N3O4/c1-19-12(17)9(14-11(16)10(13)15-18)7-8-5-3-2-4-6-8/h2-6,9,18H,7H2,1H3,(H2,13,15)(H,14,16)/t9-/m0/s1. The van der Waals surface area contributed by atoms with Crippen LogP contribution in [0.2, 0.25) is 0 Å². The number of rotatable bonds is 4. The quantitative estimate of drug-likeness (QED) is 0.226. The fourth-order valence-electron chi connectivity index (χ4n) is 1.46. The highest BCUT2D eigenvalue weighted by atomic mass is 16.5. The first-order valence-electron chi connectivity index (χ1n) is 5.48. The molecule has 1 amide bonds. The normalized spacial score (nSPS) is 12.6. The highest BCUT2D eigenvalue weighted by molar-refractivity contribution is 6.37. The molecule has 0 aliphatic carbocycles. The van der Waals surface area contributed by atoms with Crippen molar-refractivity contribution in [2.24, 2.45) is 10.9 Å². The Bertz CT molecular complexity index is 473. The van der Waals surface area contributed by atoms with Gasteiger partial charge in [0, 0.05) is 6.42 Å². The number of carbonyl (C=O) groups is 2. The minimum Gasteiger partial charge on any atom is -0.467 e. The predicted octanol–water partition coefficient (Wildman–Crippen LogP) is -0.367. The molecule has 1 rings (SSSR count). The molecule has 0 aliphatic heterocycles. The second kappa shape index (κ2) is 7.00. The lowest BCUT2D eigenvalue weighted by atomic mass is 10.1. The molecule has 0 fully saturated rings. The van der Waals surface area contributed by atoms with Crippen molar-refractivity contribution in [2.75, 3.05) is 7.11 Å². The van der Waals surface area contributed by atoms with Crippen LogP contribution >= 0.6 is 0 Å². The Morgan fingerprint density at radius 1 is 1.42 bits per heavy atom. The van der Waals surface area contributed by atoms with E-state index in [4.69, 9.17) is 10.9 Å². The first-order chi connectivity index (χ1) is 9.08. The van der Waals surface area contributed by atoms with Gasteiger partial charge in [0.25, 0.3) is 5.91 Å². The molecule has 0 heterocycles. The maximum absolute atomic E-state index is 11.6. The van der Waals surface area contributed by atoms with Crippen LogP contribution in [0, 0.1) is 0 Å². The second-order valence-electron chi connectivity index (χ2n) is 3.72. The van der Waals surface area contributed by atoms with Crippen LogP contribution in [-0.4, -0.2) is 36.1 Å². The molecule has 0 aliphatic rings. The van der Waals surface area contributed by atoms with Gasteiger partial charge in [0.1, 0.15) is 6.04 Å². The number of nitrogens with two attached hydrogens (primary N) is 1. The summed E-state index contributed by atoms with van der Waals surface area (Å²) < 4.78 is 4.60. The molecular weight excluding hydrogens is 250 g/mol. The minimum absolute atomic E-state index is 0.248. The van der Waals surface area contributed by atoms with Crippen LogP contribution in [0.15, 0.2) is 35.5 Å². The summed E-state index contributed by atoms with van der Waals surface area (Å²) in [7, 11) is 1.22. The maximum Gasteiger partial charge on any atom is 0.328 e. The van der Waals surface area contributed by atoms with Crippen molar-refractivity contribution < 1.29 is 19.5 Å². The molecule has 0 radical (unpaired) electrons. The summed E-state index contributed by atoms with van der Waals surface area (Å²) in [6.45, 7) is 0. The number of ether oxygens (including phenoxy) is 1. The maximum atomic E-state index is 11.6. The number of nitrogens with zero attached hydrogens (tertiary/aromatic N) is 1. The number of benzene rings is 1. The summed E-state index contributed by atoms with van der Waals surface area (Å²) in [5.74, 6) is -2.07. The van der Waals surface area contributed by atoms with Crippen LogP contribution in [0.1, 0.15) is 5.56 Å². The van der Waals surface area contributed by atoms with Gasteiger partial charge in [-0.05, 0) is 5.56 Å². The molecule has 7 nitrogen and oxygen atoms in total. The summed E-state index contributed by atoms with van der Waals surface area (Å²) in [5.41, 5.74) is 5.98. The molecule has 0 saturated heterocycles. The van der Waals surface area contributed by atoms with Gasteiger partial charge in [-0.15, -0.1) is 0 Å². The Morgan fingerprint density at radius 3 is 2.58 bits per heavy atom. The SMILES string of the molecule is COC(=O)[C@H](Cc1ccccc1)NC(=O)/C(N)=N/O. The van der Waals surface area contributed by atoms with E-state index < -0.39 is 23.8 Å². The van der Waals surface area contributed by atoms with Crippen molar-refractivity contribution >= 4 is 17.7 Å². The van der Waals surface area contributed by atoms with Gasteiger partial charge in [-0.25, -0.2) is 4.79 Å². The lowest BCUT2D eigenvalue weighted by Crippen LogP contribution is -2.47. The molecule has 0 saturated carbocycles. The number of carbonyl (C=O) groups excluding carboxylic acids is 2. The van der Waals surface area contributed by atoms with Crippen LogP contribution in [0.4, 0.5) is 0 Å². The summed E-state index contributed by atoms with van der Waals surface area (Å²) in [4.78, 5) is 23.0. The molecule has 1 aromatic rings. The smallest absolute Gasteiger partial charge is 0.328 e. The largest absolute Gasteiger partial charge is 0.467 e. The fraction of sp³-hybridized carbons (Fsp3) is 0.250. The van der Waals surface area contributed by atoms with Crippen molar-refractivity contribution in [3.63, 3.8) is 0 Å². The molecule has 4 N–H and O–H groups in total. The summed E-state index contributed by atoms with van der Waals surface area (Å²) in [6.07, 6.45) is 0.248. The van der Waals surface area contributed by atoms with Crippen molar-refractivity contribution in [2.45, 2.75) is 12.5 Å². The van der Waals surface area contributed by atoms with E-state index in [1.54, 1.807) is 0 Å². The van der Waals surface area contributed by atoms with E-state index in [1.807, 2.05) is 30.3 Å². The molecular formula is C12H15N3O4. The fourth-order valence-corrected chi connectivity index (χ4v) is 1.46. The lowest BCUT2D eigenvalue weighted by Gasteiger charge is -2.16. The number of hydrogen-bond acceptors (Lipinski definition) is 5. The van der Waals surface area contributed by atoms with Gasteiger partial charge in [-0.2, -0.15) is 0 Å². The zero-order valence-corrected chi connectivity index (χ0v) is 10.4. The summed E-state index contributed by atoms with van der Waals surface area (Å²) in [5, 5.41) is 13.3. The number of nitrogens with one attached hydrogen (secondary N) is 1. The Balaban J connectivity index is 2.79. The van der Waals surface area contributed by atoms with Gasteiger partial charge in [0.05, 0.1) is 7.11 Å². The Morgan fingerprint density at radius 2 is 2.05 bits per heavy atom. The Kier molecular flexibility index (Phi) is 5.34. The van der Waals surface area contributed by atoms with Gasteiger partial charge in [-0.3, -0.25) is 4.79 Å². The van der Waals surface area contributed by atoms with E-state index in [2.05, 4.69) is 15.2 Å². The number of methoxy groups -OCH3 is 1. The number of oxime groups is 1. The first kappa shape index (κ1) is 14.5. The van der Waals surface area contributed by atoms with Gasteiger partial charge in [0.2, 0.25) is 5.84 Å². The summed E-state index contributed by atoms with van der Waals surface area (Å²) in [6, 6.07) is 8.19. The monoisotopic (exact) mass is 265 g/mol. The van der Waals surface area contributed by atoms with E-state index >= 15 is 0 Å². The molecule has 19 heavy (non-hydrogen) atoms.